The second-order valence-corrected chi connectivity index (χ2v) is 6.85. The van der Waals surface area contributed by atoms with Gasteiger partial charge in [-0.2, -0.15) is 17.0 Å². The van der Waals surface area contributed by atoms with Crippen molar-refractivity contribution in [3.05, 3.63) is 0 Å². The predicted molar refractivity (Wildman–Crippen MR) is 83.0 cm³/mol. The minimum Gasteiger partial charge on any atom is -0.383 e. The molecule has 0 fully saturated rings. The van der Waals surface area contributed by atoms with E-state index in [1.54, 1.807) is 18.5 Å². The molecule has 0 aromatic carbocycles. The third kappa shape index (κ3) is 6.05. The van der Waals surface area contributed by atoms with E-state index in [-0.39, 0.29) is 6.04 Å². The fourth-order valence-electron chi connectivity index (χ4n) is 2.14. The average molecular weight is 309 g/mol. The third-order valence-corrected chi connectivity index (χ3v) is 5.50. The van der Waals surface area contributed by atoms with Gasteiger partial charge < -0.3 is 10.1 Å². The maximum Gasteiger partial charge on any atom is 0.282 e. The molecule has 0 aliphatic rings. The maximum absolute atomic E-state index is 12.7. The normalized spacial score (nSPS) is 12.8. The Morgan fingerprint density at radius 3 is 2.25 bits per heavy atom. The zero-order chi connectivity index (χ0) is 15.6. The Balaban J connectivity index is 4.90. The SMILES string of the molecule is CCC(CC)N(CCOC)S(=O)(=O)N(C)CCCNC. The highest BCUT2D eigenvalue weighted by Crippen LogP contribution is 2.16. The monoisotopic (exact) mass is 309 g/mol. The smallest absolute Gasteiger partial charge is 0.282 e. The molecule has 0 unspecified atom stereocenters. The van der Waals surface area contributed by atoms with Gasteiger partial charge in [0.1, 0.15) is 0 Å². The molecule has 122 valence electrons. The van der Waals surface area contributed by atoms with E-state index in [0.29, 0.717) is 19.7 Å². The van der Waals surface area contributed by atoms with Crippen molar-refractivity contribution >= 4 is 10.2 Å². The molecule has 0 aliphatic carbocycles. The Kier molecular flexibility index (Phi) is 10.4. The van der Waals surface area contributed by atoms with Crippen molar-refractivity contribution < 1.29 is 13.2 Å². The van der Waals surface area contributed by atoms with Crippen molar-refractivity contribution in [2.75, 3.05) is 47.4 Å². The molecule has 0 aliphatic heterocycles. The van der Waals surface area contributed by atoms with Crippen LogP contribution in [0, 0.1) is 0 Å². The molecule has 6 nitrogen and oxygen atoms in total. The Morgan fingerprint density at radius 1 is 1.20 bits per heavy atom. The molecular weight excluding hydrogens is 278 g/mol. The lowest BCUT2D eigenvalue weighted by atomic mass is 10.2. The molecule has 0 amide bonds. The first-order valence-corrected chi connectivity index (χ1v) is 8.71. The topological polar surface area (TPSA) is 61.9 Å². The zero-order valence-electron chi connectivity index (χ0n) is 13.6. The van der Waals surface area contributed by atoms with Gasteiger partial charge in [-0.15, -0.1) is 0 Å². The van der Waals surface area contributed by atoms with Crippen LogP contribution in [0.15, 0.2) is 0 Å². The van der Waals surface area contributed by atoms with Crippen LogP contribution in [0.3, 0.4) is 0 Å². The molecule has 0 aromatic rings. The number of ether oxygens (including phenoxy) is 1. The Morgan fingerprint density at radius 2 is 1.80 bits per heavy atom. The van der Waals surface area contributed by atoms with E-state index in [0.717, 1.165) is 25.8 Å². The number of nitrogens with one attached hydrogen (secondary N) is 1. The van der Waals surface area contributed by atoms with E-state index >= 15 is 0 Å². The quantitative estimate of drug-likeness (QED) is 0.544. The first-order valence-electron chi connectivity index (χ1n) is 7.32. The first kappa shape index (κ1) is 19.8. The molecule has 0 spiro atoms. The van der Waals surface area contributed by atoms with E-state index in [1.807, 2.05) is 20.9 Å². The summed E-state index contributed by atoms with van der Waals surface area (Å²) in [6.45, 7) is 6.19. The zero-order valence-corrected chi connectivity index (χ0v) is 14.4. The van der Waals surface area contributed by atoms with E-state index in [9.17, 15) is 8.42 Å². The summed E-state index contributed by atoms with van der Waals surface area (Å²) >= 11 is 0. The third-order valence-electron chi connectivity index (χ3n) is 3.46. The van der Waals surface area contributed by atoms with Crippen LogP contribution in [0.2, 0.25) is 0 Å². The number of methoxy groups -OCH3 is 1. The molecule has 0 atom stereocenters. The molecule has 0 aromatic heterocycles. The summed E-state index contributed by atoms with van der Waals surface area (Å²) in [4.78, 5) is 0. The molecular formula is C13H31N3O3S. The Bertz CT molecular complexity index is 332. The molecule has 1 N–H and O–H groups in total. The van der Waals surface area contributed by atoms with Crippen molar-refractivity contribution in [3.8, 4) is 0 Å². The van der Waals surface area contributed by atoms with Gasteiger partial charge in [-0.1, -0.05) is 13.8 Å². The molecule has 7 heteroatoms. The largest absolute Gasteiger partial charge is 0.383 e. The van der Waals surface area contributed by atoms with Crippen molar-refractivity contribution in [2.45, 2.75) is 39.2 Å². The summed E-state index contributed by atoms with van der Waals surface area (Å²) in [5, 5.41) is 3.03. The van der Waals surface area contributed by atoms with Crippen molar-refractivity contribution in [2.24, 2.45) is 0 Å². The molecule has 0 radical (unpaired) electrons. The Labute approximate surface area is 124 Å². The van der Waals surface area contributed by atoms with Crippen LogP contribution in [0.25, 0.3) is 0 Å². The highest BCUT2D eigenvalue weighted by Gasteiger charge is 2.30. The molecule has 0 bridgehead atoms. The number of hydrogen-bond donors (Lipinski definition) is 1. The van der Waals surface area contributed by atoms with E-state index < -0.39 is 10.2 Å². The van der Waals surface area contributed by atoms with Gasteiger partial charge in [0.2, 0.25) is 0 Å². The summed E-state index contributed by atoms with van der Waals surface area (Å²) < 4.78 is 33.4. The summed E-state index contributed by atoms with van der Waals surface area (Å²) in [7, 11) is 1.68. The molecule has 20 heavy (non-hydrogen) atoms. The summed E-state index contributed by atoms with van der Waals surface area (Å²) in [5.74, 6) is 0. The van der Waals surface area contributed by atoms with Crippen molar-refractivity contribution in [1.82, 2.24) is 13.9 Å². The van der Waals surface area contributed by atoms with Gasteiger partial charge in [0.15, 0.2) is 0 Å². The van der Waals surface area contributed by atoms with E-state index in [2.05, 4.69) is 5.32 Å². The molecule has 0 heterocycles. The second kappa shape index (κ2) is 10.5. The van der Waals surface area contributed by atoms with Crippen LogP contribution in [-0.2, 0) is 14.9 Å². The maximum atomic E-state index is 12.7. The van der Waals surface area contributed by atoms with E-state index in [4.69, 9.17) is 4.74 Å². The van der Waals surface area contributed by atoms with Crippen LogP contribution in [0.4, 0.5) is 0 Å². The Hall–Kier alpha value is -0.210. The van der Waals surface area contributed by atoms with Crippen LogP contribution >= 0.6 is 0 Å². The van der Waals surface area contributed by atoms with Crippen LogP contribution in [0.5, 0.6) is 0 Å². The van der Waals surface area contributed by atoms with Gasteiger partial charge in [-0.3, -0.25) is 0 Å². The summed E-state index contributed by atoms with van der Waals surface area (Å²) in [5.41, 5.74) is 0. The van der Waals surface area contributed by atoms with Crippen LogP contribution < -0.4 is 5.32 Å². The lowest BCUT2D eigenvalue weighted by Crippen LogP contribution is -2.48. The fraction of sp³-hybridized carbons (Fsp3) is 1.00. The number of nitrogens with zero attached hydrogens (tertiary/aromatic N) is 2. The predicted octanol–water partition coefficient (Wildman–Crippen LogP) is 0.910. The van der Waals surface area contributed by atoms with E-state index in [1.165, 1.54) is 4.31 Å². The second-order valence-electron chi connectivity index (χ2n) is 4.86. The summed E-state index contributed by atoms with van der Waals surface area (Å²) in [6.07, 6.45) is 2.42. The lowest BCUT2D eigenvalue weighted by molar-refractivity contribution is 0.159. The van der Waals surface area contributed by atoms with Gasteiger partial charge >= 0.3 is 0 Å². The average Bonchev–Trinajstić information content (AvgIpc) is 2.43. The first-order chi connectivity index (χ1) is 9.45. The molecule has 0 saturated carbocycles. The van der Waals surface area contributed by atoms with Gasteiger partial charge in [-0.25, -0.2) is 0 Å². The van der Waals surface area contributed by atoms with Crippen LogP contribution in [-0.4, -0.2) is 70.5 Å². The molecule has 0 saturated heterocycles. The fourth-order valence-corrected chi connectivity index (χ4v) is 3.83. The number of rotatable bonds is 12. The van der Waals surface area contributed by atoms with Gasteiger partial charge in [0.05, 0.1) is 6.61 Å². The minimum absolute atomic E-state index is 0.0295. The van der Waals surface area contributed by atoms with Crippen molar-refractivity contribution in [3.63, 3.8) is 0 Å². The standard InChI is InChI=1S/C13H31N3O3S/c1-6-13(7-2)16(11-12-19-5)20(17,18)15(4)10-8-9-14-3/h13-14H,6-12H2,1-5H3. The van der Waals surface area contributed by atoms with Crippen LogP contribution in [0.1, 0.15) is 33.1 Å². The molecule has 0 rings (SSSR count). The van der Waals surface area contributed by atoms with Gasteiger partial charge in [0.25, 0.3) is 10.2 Å². The van der Waals surface area contributed by atoms with Crippen molar-refractivity contribution in [1.29, 1.82) is 0 Å². The summed E-state index contributed by atoms with van der Waals surface area (Å²) in [6, 6.07) is 0.0295. The number of hydrogen-bond acceptors (Lipinski definition) is 4. The van der Waals surface area contributed by atoms with Gasteiger partial charge in [-0.05, 0) is 32.9 Å². The van der Waals surface area contributed by atoms with Gasteiger partial charge in [0, 0.05) is 33.3 Å². The minimum atomic E-state index is -3.42. The lowest BCUT2D eigenvalue weighted by Gasteiger charge is -2.33. The highest BCUT2D eigenvalue weighted by atomic mass is 32.2. The highest BCUT2D eigenvalue weighted by molar-refractivity contribution is 7.86.